The van der Waals surface area contributed by atoms with Crippen molar-refractivity contribution >= 4 is 11.6 Å². The molecule has 0 atom stereocenters. The van der Waals surface area contributed by atoms with Gasteiger partial charge in [-0.1, -0.05) is 49.1 Å². The molecule has 136 valence electrons. The van der Waals surface area contributed by atoms with Crippen LogP contribution in [-0.4, -0.2) is 22.3 Å². The van der Waals surface area contributed by atoms with Crippen LogP contribution < -0.4 is 15.6 Å². The highest BCUT2D eigenvalue weighted by Crippen LogP contribution is 2.17. The van der Waals surface area contributed by atoms with E-state index in [0.29, 0.717) is 23.7 Å². The van der Waals surface area contributed by atoms with E-state index in [9.17, 15) is 9.59 Å². The van der Waals surface area contributed by atoms with Gasteiger partial charge < -0.3 is 10.1 Å². The highest BCUT2D eigenvalue weighted by molar-refractivity contribution is 5.90. The van der Waals surface area contributed by atoms with Crippen molar-refractivity contribution in [1.82, 2.24) is 9.78 Å². The molecule has 0 fully saturated rings. The molecule has 0 radical (unpaired) electrons. The molecule has 3 aromatic rings. The lowest BCUT2D eigenvalue weighted by molar-refractivity contribution is -0.117. The largest absolute Gasteiger partial charge is 0.489 e. The molecule has 1 N–H and O–H groups in total. The van der Waals surface area contributed by atoms with E-state index >= 15 is 0 Å². The SMILES string of the molecule is C=CCOc1cccc(NC(=O)Cn2nc(-c3ccccc3)ccc2=O)c1. The van der Waals surface area contributed by atoms with Gasteiger partial charge in [-0.05, 0) is 18.2 Å². The Morgan fingerprint density at radius 1 is 1.11 bits per heavy atom. The summed E-state index contributed by atoms with van der Waals surface area (Å²) >= 11 is 0. The lowest BCUT2D eigenvalue weighted by Gasteiger charge is -2.10. The van der Waals surface area contributed by atoms with Crippen molar-refractivity contribution in [3.05, 3.63) is 89.7 Å². The predicted molar refractivity (Wildman–Crippen MR) is 105 cm³/mol. The van der Waals surface area contributed by atoms with Crippen molar-refractivity contribution in [3.63, 3.8) is 0 Å². The zero-order chi connectivity index (χ0) is 19.1. The third kappa shape index (κ3) is 4.92. The zero-order valence-electron chi connectivity index (χ0n) is 14.7. The van der Waals surface area contributed by atoms with Crippen LogP contribution >= 0.6 is 0 Å². The number of hydrogen-bond acceptors (Lipinski definition) is 4. The Morgan fingerprint density at radius 3 is 2.70 bits per heavy atom. The second-order valence-electron chi connectivity index (χ2n) is 5.76. The summed E-state index contributed by atoms with van der Waals surface area (Å²) in [7, 11) is 0. The molecule has 0 bridgehead atoms. The van der Waals surface area contributed by atoms with Crippen LogP contribution in [0, 0.1) is 0 Å². The Labute approximate surface area is 156 Å². The van der Waals surface area contributed by atoms with Crippen molar-refractivity contribution in [1.29, 1.82) is 0 Å². The van der Waals surface area contributed by atoms with Gasteiger partial charge in [-0.3, -0.25) is 9.59 Å². The number of nitrogens with zero attached hydrogens (tertiary/aromatic N) is 2. The van der Waals surface area contributed by atoms with E-state index in [1.54, 1.807) is 36.4 Å². The molecule has 3 rings (SSSR count). The molecule has 6 nitrogen and oxygen atoms in total. The summed E-state index contributed by atoms with van der Waals surface area (Å²) in [6.45, 7) is 3.79. The minimum atomic E-state index is -0.351. The van der Waals surface area contributed by atoms with E-state index < -0.39 is 0 Å². The van der Waals surface area contributed by atoms with Crippen molar-refractivity contribution in [2.45, 2.75) is 6.54 Å². The van der Waals surface area contributed by atoms with E-state index in [4.69, 9.17) is 4.74 Å². The first-order chi connectivity index (χ1) is 13.2. The van der Waals surface area contributed by atoms with Crippen LogP contribution in [0.2, 0.25) is 0 Å². The Hall–Kier alpha value is -3.67. The molecule has 1 heterocycles. The van der Waals surface area contributed by atoms with Gasteiger partial charge in [0.1, 0.15) is 18.9 Å². The number of carbonyl (C=O) groups is 1. The maximum Gasteiger partial charge on any atom is 0.267 e. The summed E-state index contributed by atoms with van der Waals surface area (Å²) in [5, 5.41) is 7.04. The van der Waals surface area contributed by atoms with Gasteiger partial charge in [-0.15, -0.1) is 0 Å². The Bertz CT molecular complexity index is 997. The summed E-state index contributed by atoms with van der Waals surface area (Å²) in [6.07, 6.45) is 1.64. The normalized spacial score (nSPS) is 10.2. The highest BCUT2D eigenvalue weighted by Gasteiger charge is 2.09. The summed E-state index contributed by atoms with van der Waals surface area (Å²) < 4.78 is 6.59. The third-order valence-electron chi connectivity index (χ3n) is 3.72. The number of ether oxygens (including phenoxy) is 1. The van der Waals surface area contributed by atoms with Crippen molar-refractivity contribution in [3.8, 4) is 17.0 Å². The number of amides is 1. The predicted octanol–water partition coefficient (Wildman–Crippen LogP) is 3.11. The molecule has 1 aromatic heterocycles. The molecule has 0 aliphatic heterocycles. The van der Waals surface area contributed by atoms with Crippen LogP contribution in [0.5, 0.6) is 5.75 Å². The average Bonchev–Trinajstić information content (AvgIpc) is 2.69. The molecule has 0 aliphatic rings. The van der Waals surface area contributed by atoms with E-state index in [-0.39, 0.29) is 18.0 Å². The van der Waals surface area contributed by atoms with Gasteiger partial charge in [0.25, 0.3) is 5.56 Å². The fraction of sp³-hybridized carbons (Fsp3) is 0.0952. The number of nitrogens with one attached hydrogen (secondary N) is 1. The molecule has 0 saturated heterocycles. The van der Waals surface area contributed by atoms with E-state index in [0.717, 1.165) is 10.2 Å². The molecule has 0 unspecified atom stereocenters. The van der Waals surface area contributed by atoms with Crippen LogP contribution in [-0.2, 0) is 11.3 Å². The molecule has 2 aromatic carbocycles. The lowest BCUT2D eigenvalue weighted by Crippen LogP contribution is -2.29. The quantitative estimate of drug-likeness (QED) is 0.656. The number of aromatic nitrogens is 2. The molecule has 0 aliphatic carbocycles. The van der Waals surface area contributed by atoms with Gasteiger partial charge in [-0.2, -0.15) is 5.10 Å². The first kappa shape index (κ1) is 18.1. The van der Waals surface area contributed by atoms with Gasteiger partial charge in [0.05, 0.1) is 5.69 Å². The fourth-order valence-electron chi connectivity index (χ4n) is 2.48. The summed E-state index contributed by atoms with van der Waals surface area (Å²) in [6, 6.07) is 19.5. The zero-order valence-corrected chi connectivity index (χ0v) is 14.7. The first-order valence-corrected chi connectivity index (χ1v) is 8.43. The monoisotopic (exact) mass is 361 g/mol. The first-order valence-electron chi connectivity index (χ1n) is 8.43. The maximum atomic E-state index is 12.3. The Morgan fingerprint density at radius 2 is 1.93 bits per heavy atom. The van der Waals surface area contributed by atoms with E-state index in [2.05, 4.69) is 17.0 Å². The number of carbonyl (C=O) groups excluding carboxylic acids is 1. The highest BCUT2D eigenvalue weighted by atomic mass is 16.5. The molecule has 0 saturated carbocycles. The fourth-order valence-corrected chi connectivity index (χ4v) is 2.48. The minimum absolute atomic E-state index is 0.183. The van der Waals surface area contributed by atoms with Gasteiger partial charge in [-0.25, -0.2) is 4.68 Å². The van der Waals surface area contributed by atoms with Gasteiger partial charge in [0.2, 0.25) is 5.91 Å². The average molecular weight is 361 g/mol. The van der Waals surface area contributed by atoms with Crippen molar-refractivity contribution in [2.75, 3.05) is 11.9 Å². The summed E-state index contributed by atoms with van der Waals surface area (Å²) in [4.78, 5) is 24.4. The molecule has 6 heteroatoms. The van der Waals surface area contributed by atoms with Crippen LogP contribution in [0.3, 0.4) is 0 Å². The summed E-state index contributed by atoms with van der Waals surface area (Å²) in [5.74, 6) is 0.268. The van der Waals surface area contributed by atoms with Gasteiger partial charge in [0.15, 0.2) is 0 Å². The summed E-state index contributed by atoms with van der Waals surface area (Å²) in [5.41, 5.74) is 1.74. The molecule has 0 spiro atoms. The molecular formula is C21H19N3O3. The van der Waals surface area contributed by atoms with Crippen LogP contribution in [0.1, 0.15) is 0 Å². The van der Waals surface area contributed by atoms with Crippen molar-refractivity contribution < 1.29 is 9.53 Å². The lowest BCUT2D eigenvalue weighted by atomic mass is 10.1. The topological polar surface area (TPSA) is 73.2 Å². The van der Waals surface area contributed by atoms with Crippen LogP contribution in [0.4, 0.5) is 5.69 Å². The second kappa shape index (κ2) is 8.62. The number of rotatable bonds is 7. The van der Waals surface area contributed by atoms with Gasteiger partial charge >= 0.3 is 0 Å². The second-order valence-corrected chi connectivity index (χ2v) is 5.76. The Kier molecular flexibility index (Phi) is 5.79. The standard InChI is InChI=1S/C21H19N3O3/c1-2-13-27-18-10-6-9-17(14-18)22-20(25)15-24-21(26)12-11-19(23-24)16-7-4-3-5-8-16/h2-12,14H,1,13,15H2,(H,22,25). The molecular weight excluding hydrogens is 342 g/mol. The number of anilines is 1. The van der Waals surface area contributed by atoms with E-state index in [1.165, 1.54) is 6.07 Å². The molecule has 1 amide bonds. The van der Waals surface area contributed by atoms with Crippen LogP contribution in [0.25, 0.3) is 11.3 Å². The molecule has 27 heavy (non-hydrogen) atoms. The van der Waals surface area contributed by atoms with E-state index in [1.807, 2.05) is 30.3 Å². The van der Waals surface area contributed by atoms with Crippen LogP contribution in [0.15, 0.2) is 84.2 Å². The third-order valence-corrected chi connectivity index (χ3v) is 3.72. The van der Waals surface area contributed by atoms with Crippen molar-refractivity contribution in [2.24, 2.45) is 0 Å². The maximum absolute atomic E-state index is 12.3. The number of hydrogen-bond donors (Lipinski definition) is 1. The Balaban J connectivity index is 1.73. The van der Waals surface area contributed by atoms with Gasteiger partial charge in [0, 0.05) is 23.4 Å². The smallest absolute Gasteiger partial charge is 0.267 e. The minimum Gasteiger partial charge on any atom is -0.489 e. The number of benzene rings is 2.